The average molecular weight is 571 g/mol. The zero-order chi connectivity index (χ0) is 28.5. The molecule has 206 valence electrons. The van der Waals surface area contributed by atoms with Gasteiger partial charge in [0.1, 0.15) is 23.6 Å². The Labute approximate surface area is 237 Å². The first kappa shape index (κ1) is 26.6. The first-order valence-electron chi connectivity index (χ1n) is 12.9. The van der Waals surface area contributed by atoms with Crippen molar-refractivity contribution in [2.24, 2.45) is 17.0 Å². The van der Waals surface area contributed by atoms with E-state index >= 15 is 0 Å². The number of aryl methyl sites for hydroxylation is 1. The topological polar surface area (TPSA) is 120 Å². The molecule has 12 heteroatoms. The van der Waals surface area contributed by atoms with Crippen LogP contribution in [-0.4, -0.2) is 57.3 Å². The molecule has 1 amide bonds. The van der Waals surface area contributed by atoms with Gasteiger partial charge in [-0.15, -0.1) is 11.3 Å². The molecule has 0 spiro atoms. The van der Waals surface area contributed by atoms with Gasteiger partial charge in [0.05, 0.1) is 29.8 Å². The molecule has 0 bridgehead atoms. The van der Waals surface area contributed by atoms with Gasteiger partial charge in [0.2, 0.25) is 5.91 Å². The van der Waals surface area contributed by atoms with Crippen LogP contribution in [0.3, 0.4) is 0 Å². The van der Waals surface area contributed by atoms with Gasteiger partial charge >= 0.3 is 0 Å². The van der Waals surface area contributed by atoms with Crippen molar-refractivity contribution in [1.82, 2.24) is 25.2 Å². The molecule has 0 saturated heterocycles. The van der Waals surface area contributed by atoms with Crippen molar-refractivity contribution in [2.45, 2.75) is 31.3 Å². The molecule has 3 atom stereocenters. The number of thiophene rings is 1. The summed E-state index contributed by atoms with van der Waals surface area (Å²) in [4.78, 5) is 32.6. The van der Waals surface area contributed by atoms with Gasteiger partial charge in [-0.1, -0.05) is 12.1 Å². The fourth-order valence-corrected chi connectivity index (χ4v) is 5.83. The molecule has 0 radical (unpaired) electrons. The van der Waals surface area contributed by atoms with Crippen LogP contribution >= 0.6 is 11.3 Å². The van der Waals surface area contributed by atoms with E-state index in [1.165, 1.54) is 12.3 Å². The monoisotopic (exact) mass is 570 g/mol. The summed E-state index contributed by atoms with van der Waals surface area (Å²) in [5.74, 6) is -1.29. The third-order valence-corrected chi connectivity index (χ3v) is 8.14. The molecule has 9 nitrogen and oxygen atoms in total. The Morgan fingerprint density at radius 2 is 2.07 bits per heavy atom. The van der Waals surface area contributed by atoms with Crippen LogP contribution in [0.4, 0.5) is 8.78 Å². The molecule has 4 heterocycles. The van der Waals surface area contributed by atoms with Crippen LogP contribution in [-0.2, 0) is 18.4 Å². The molecule has 0 saturated carbocycles. The lowest BCUT2D eigenvalue weighted by atomic mass is 10.0. The number of allylic oxidation sites excluding steroid dienone is 3. The second-order valence-electron chi connectivity index (χ2n) is 9.79. The number of alkyl halides is 1. The van der Waals surface area contributed by atoms with E-state index < -0.39 is 30.1 Å². The van der Waals surface area contributed by atoms with Gasteiger partial charge < -0.3 is 9.88 Å². The highest BCUT2D eigenvalue weighted by atomic mass is 32.1. The predicted molar refractivity (Wildman–Crippen MR) is 155 cm³/mol. The molecule has 4 aromatic rings. The van der Waals surface area contributed by atoms with E-state index in [0.717, 1.165) is 43.3 Å². The standard InChI is InChI=1S/C29H24F2N8OS/c1-39-15-37-24-14-33-23-6-3-17(9-20(23)27(24)39)25-7-4-19(41-25)13-35-28-26(38-18(10-32)12-34-28)29(40)36-11-16-2-5-21(30)22(31)8-16/h2-7,9,12,14-15,22,26,28,35H,8,11,13H2,1H3,(H,36,40)/t22-,26+,28?/m1/s1. The van der Waals surface area contributed by atoms with Crippen LogP contribution in [0, 0.1) is 11.3 Å². The maximum absolute atomic E-state index is 13.7. The number of nitrogens with zero attached hydrogens (tertiary/aromatic N) is 6. The molecular weight excluding hydrogens is 546 g/mol. The van der Waals surface area contributed by atoms with Gasteiger partial charge in [0, 0.05) is 41.7 Å². The Balaban J connectivity index is 1.15. The van der Waals surface area contributed by atoms with Crippen LogP contribution in [0.5, 0.6) is 0 Å². The zero-order valence-electron chi connectivity index (χ0n) is 21.9. The van der Waals surface area contributed by atoms with E-state index in [0.29, 0.717) is 12.1 Å². The molecule has 6 rings (SSSR count). The lowest BCUT2D eigenvalue weighted by Gasteiger charge is -2.24. The van der Waals surface area contributed by atoms with Crippen LogP contribution in [0.15, 0.2) is 76.4 Å². The number of fused-ring (bicyclic) bond motifs is 3. The first-order chi connectivity index (χ1) is 19.9. The number of hydrogen-bond donors (Lipinski definition) is 2. The molecule has 1 aliphatic carbocycles. The Hall–Kier alpha value is -4.60. The van der Waals surface area contributed by atoms with Gasteiger partial charge in [0.25, 0.3) is 0 Å². The largest absolute Gasteiger partial charge is 0.350 e. The third kappa shape index (κ3) is 5.41. The smallest absolute Gasteiger partial charge is 0.248 e. The minimum Gasteiger partial charge on any atom is -0.350 e. The maximum atomic E-state index is 13.7. The van der Waals surface area contributed by atoms with E-state index in [-0.39, 0.29) is 18.7 Å². The van der Waals surface area contributed by atoms with E-state index in [9.17, 15) is 18.8 Å². The van der Waals surface area contributed by atoms with Crippen molar-refractivity contribution < 1.29 is 13.6 Å². The number of halogens is 2. The van der Waals surface area contributed by atoms with Crippen LogP contribution in [0.1, 0.15) is 11.3 Å². The van der Waals surface area contributed by atoms with E-state index in [4.69, 9.17) is 0 Å². The summed E-state index contributed by atoms with van der Waals surface area (Å²) in [5, 5.41) is 16.3. The first-order valence-corrected chi connectivity index (χ1v) is 13.7. The van der Waals surface area contributed by atoms with Crippen molar-refractivity contribution in [1.29, 1.82) is 5.26 Å². The number of hydrogen-bond acceptors (Lipinski definition) is 8. The van der Waals surface area contributed by atoms with Crippen molar-refractivity contribution in [3.63, 3.8) is 0 Å². The van der Waals surface area contributed by atoms with Crippen LogP contribution in [0.25, 0.3) is 32.4 Å². The molecule has 2 N–H and O–H groups in total. The number of amides is 1. The average Bonchev–Trinajstić information content (AvgIpc) is 3.63. The summed E-state index contributed by atoms with van der Waals surface area (Å²) < 4.78 is 29.0. The summed E-state index contributed by atoms with van der Waals surface area (Å²) in [6.07, 6.45) is 4.90. The number of rotatable bonds is 7. The number of nitriles is 1. The van der Waals surface area contributed by atoms with Gasteiger partial charge in [-0.05, 0) is 41.5 Å². The highest BCUT2D eigenvalue weighted by Crippen LogP contribution is 2.32. The minimum absolute atomic E-state index is 0.0423. The highest BCUT2D eigenvalue weighted by molar-refractivity contribution is 7.15. The lowest BCUT2D eigenvalue weighted by molar-refractivity contribution is -0.122. The molecule has 41 heavy (non-hydrogen) atoms. The van der Waals surface area contributed by atoms with Gasteiger partial charge in [-0.3, -0.25) is 25.1 Å². The summed E-state index contributed by atoms with van der Waals surface area (Å²) in [5.41, 5.74) is 4.42. The number of carbonyl (C=O) groups excluding carboxylic acids is 1. The minimum atomic E-state index is -1.71. The second kappa shape index (κ2) is 11.1. The number of imidazole rings is 1. The molecule has 0 fully saturated rings. The number of nitrogens with one attached hydrogen (secondary N) is 2. The van der Waals surface area contributed by atoms with Crippen molar-refractivity contribution >= 4 is 51.1 Å². The number of benzene rings is 1. The SMILES string of the molecule is Cn1cnc2cnc3ccc(-c4ccc(CNC5N=CC(C#N)=N[C@@H]5C(=O)NCC5=CC=C(F)[C@H](F)C5)s4)cc3c21. The van der Waals surface area contributed by atoms with Crippen molar-refractivity contribution in [3.8, 4) is 16.5 Å². The summed E-state index contributed by atoms with van der Waals surface area (Å²) in [7, 11) is 1.96. The Morgan fingerprint density at radius 3 is 2.90 bits per heavy atom. The van der Waals surface area contributed by atoms with E-state index in [1.54, 1.807) is 23.9 Å². The summed E-state index contributed by atoms with van der Waals surface area (Å²) in [6.45, 7) is 0.474. The van der Waals surface area contributed by atoms with Gasteiger partial charge in [0.15, 0.2) is 17.9 Å². The Morgan fingerprint density at radius 1 is 1.20 bits per heavy atom. The Kier molecular flexibility index (Phi) is 7.21. The fraction of sp³-hybridized carbons (Fsp3) is 0.241. The predicted octanol–water partition coefficient (Wildman–Crippen LogP) is 4.32. The molecule has 1 unspecified atom stereocenters. The zero-order valence-corrected chi connectivity index (χ0v) is 22.7. The van der Waals surface area contributed by atoms with Crippen LogP contribution < -0.4 is 10.6 Å². The lowest BCUT2D eigenvalue weighted by Crippen LogP contribution is -2.49. The van der Waals surface area contributed by atoms with Gasteiger partial charge in [-0.25, -0.2) is 13.8 Å². The normalized spacial score (nSPS) is 20.4. The third-order valence-electron chi connectivity index (χ3n) is 7.00. The van der Waals surface area contributed by atoms with Gasteiger partial charge in [-0.2, -0.15) is 5.26 Å². The van der Waals surface area contributed by atoms with E-state index in [2.05, 4.69) is 36.7 Å². The Bertz CT molecular complexity index is 1830. The quantitative estimate of drug-likeness (QED) is 0.343. The molecule has 3 aromatic heterocycles. The number of pyridine rings is 1. The highest BCUT2D eigenvalue weighted by Gasteiger charge is 2.30. The van der Waals surface area contributed by atoms with Crippen LogP contribution in [0.2, 0.25) is 0 Å². The molecule has 1 aromatic carbocycles. The number of carbonyl (C=O) groups is 1. The molecule has 1 aliphatic heterocycles. The molecule has 2 aliphatic rings. The number of aliphatic imine (C=N–C) groups is 2. The summed E-state index contributed by atoms with van der Waals surface area (Å²) >= 11 is 1.61. The second-order valence-corrected chi connectivity index (χ2v) is 11.0. The van der Waals surface area contributed by atoms with Crippen molar-refractivity contribution in [3.05, 3.63) is 71.3 Å². The van der Waals surface area contributed by atoms with E-state index in [1.807, 2.05) is 41.9 Å². The maximum Gasteiger partial charge on any atom is 0.248 e. The fourth-order valence-electron chi connectivity index (χ4n) is 4.87. The van der Waals surface area contributed by atoms with Crippen molar-refractivity contribution in [2.75, 3.05) is 6.54 Å². The molecular formula is C29H24F2N8OS. The summed E-state index contributed by atoms with van der Waals surface area (Å²) in [6, 6.07) is 11.2. The number of aromatic nitrogens is 3.